The normalized spacial score (nSPS) is 15.7. The van der Waals surface area contributed by atoms with Crippen molar-refractivity contribution in [1.29, 1.82) is 0 Å². The molecule has 3 atom stereocenters. The summed E-state index contributed by atoms with van der Waals surface area (Å²) in [7, 11) is 3.20. The van der Waals surface area contributed by atoms with Gasteiger partial charge in [0.25, 0.3) is 0 Å². The second kappa shape index (κ2) is 16.5. The van der Waals surface area contributed by atoms with E-state index in [9.17, 15) is 14.4 Å². The highest BCUT2D eigenvalue weighted by molar-refractivity contribution is 6.33. The second-order valence-electron chi connectivity index (χ2n) is 12.8. The minimum Gasteiger partial charge on any atom is -0.494 e. The summed E-state index contributed by atoms with van der Waals surface area (Å²) in [5.41, 5.74) is 2.15. The molecular formula is C34H48Cl2N8O4. The number of likely N-dealkylation sites (N-methyl/N-ethyl adjacent to an activating group) is 1. The number of likely N-dealkylation sites (tertiary alicyclic amines) is 1. The van der Waals surface area contributed by atoms with Gasteiger partial charge in [-0.25, -0.2) is 9.97 Å². The number of carbonyl (C=O) groups is 3. The van der Waals surface area contributed by atoms with Gasteiger partial charge in [-0.05, 0) is 70.3 Å². The zero-order valence-electron chi connectivity index (χ0n) is 28.9. The molecule has 3 aromatic rings. The maximum Gasteiger partial charge on any atom is 0.247 e. The molecule has 4 N–H and O–H groups in total. The van der Waals surface area contributed by atoms with Crippen LogP contribution >= 0.6 is 24.0 Å². The number of halogens is 2. The number of rotatable bonds is 12. The second-order valence-corrected chi connectivity index (χ2v) is 13.2. The van der Waals surface area contributed by atoms with Crippen LogP contribution in [-0.2, 0) is 14.4 Å². The predicted molar refractivity (Wildman–Crippen MR) is 195 cm³/mol. The van der Waals surface area contributed by atoms with Gasteiger partial charge < -0.3 is 35.8 Å². The molecule has 14 heteroatoms. The standard InChI is InChI=1S/C34H47ClN8O4.ClH/c1-9-42(10-2)26-14-13-21(16-23(26)35)39-30-22-17-25(28(47-8)18-24(22)37-19-38-30)40-32(45)27-12-11-15-43(27)33(46)29(34(4,5)6)41-31(44)20(3)36-7;/h13-14,16-20,27,29,36H,9-12,15H2,1-8H3,(H,40,45)(H,41,44)(H,37,38,39);1H. The molecule has 3 amide bonds. The van der Waals surface area contributed by atoms with E-state index in [0.717, 1.165) is 24.5 Å². The van der Waals surface area contributed by atoms with Gasteiger partial charge in [-0.15, -0.1) is 12.4 Å². The van der Waals surface area contributed by atoms with Gasteiger partial charge in [0.05, 0.1) is 35.1 Å². The monoisotopic (exact) mass is 702 g/mol. The van der Waals surface area contributed by atoms with Crippen molar-refractivity contribution in [3.05, 3.63) is 41.7 Å². The smallest absolute Gasteiger partial charge is 0.247 e. The Kier molecular flexibility index (Phi) is 13.3. The van der Waals surface area contributed by atoms with Crippen molar-refractivity contribution in [1.82, 2.24) is 25.5 Å². The van der Waals surface area contributed by atoms with E-state index in [1.807, 2.05) is 39.0 Å². The molecule has 12 nitrogen and oxygen atoms in total. The first kappa shape index (κ1) is 38.6. The molecule has 1 fully saturated rings. The van der Waals surface area contributed by atoms with Gasteiger partial charge in [0.1, 0.15) is 30.0 Å². The first-order chi connectivity index (χ1) is 22.3. The Balaban J connectivity index is 0.00000625. The van der Waals surface area contributed by atoms with E-state index in [0.29, 0.717) is 52.6 Å². The fraction of sp³-hybridized carbons (Fsp3) is 0.500. The Morgan fingerprint density at radius 3 is 2.44 bits per heavy atom. The molecule has 2 aromatic carbocycles. The van der Waals surface area contributed by atoms with E-state index in [1.165, 1.54) is 13.4 Å². The molecule has 48 heavy (non-hydrogen) atoms. The number of aromatic nitrogens is 2. The maximum atomic E-state index is 13.9. The molecule has 2 heterocycles. The Labute approximate surface area is 294 Å². The van der Waals surface area contributed by atoms with Crippen LogP contribution in [0.4, 0.5) is 22.9 Å². The summed E-state index contributed by atoms with van der Waals surface area (Å²) >= 11 is 6.64. The number of hydrogen-bond donors (Lipinski definition) is 4. The average Bonchev–Trinajstić information content (AvgIpc) is 3.54. The Morgan fingerprint density at radius 2 is 1.83 bits per heavy atom. The average molecular weight is 704 g/mol. The molecule has 262 valence electrons. The molecule has 0 radical (unpaired) electrons. The lowest BCUT2D eigenvalue weighted by atomic mass is 9.85. The van der Waals surface area contributed by atoms with E-state index < -0.39 is 23.5 Å². The third-order valence-electron chi connectivity index (χ3n) is 8.59. The van der Waals surface area contributed by atoms with Crippen LogP contribution in [0.5, 0.6) is 5.75 Å². The maximum absolute atomic E-state index is 13.9. The van der Waals surface area contributed by atoms with Crippen LogP contribution in [0.25, 0.3) is 10.9 Å². The molecule has 0 spiro atoms. The third kappa shape index (κ3) is 8.58. The largest absolute Gasteiger partial charge is 0.494 e. The van der Waals surface area contributed by atoms with Gasteiger partial charge in [-0.3, -0.25) is 14.4 Å². The molecule has 1 aliphatic heterocycles. The number of ether oxygens (including phenoxy) is 1. The molecule has 1 aromatic heterocycles. The van der Waals surface area contributed by atoms with Gasteiger partial charge in [0.15, 0.2) is 0 Å². The molecule has 0 saturated carbocycles. The fourth-order valence-electron chi connectivity index (χ4n) is 5.72. The SMILES string of the molecule is CCN(CC)c1ccc(Nc2ncnc3cc(OC)c(NC(=O)C4CCCN4C(=O)C(NC(=O)C(C)NC)C(C)(C)C)cc23)cc1Cl.Cl. The van der Waals surface area contributed by atoms with E-state index in [-0.39, 0.29) is 30.1 Å². The zero-order chi connectivity index (χ0) is 34.5. The summed E-state index contributed by atoms with van der Waals surface area (Å²) < 4.78 is 5.63. The number of benzene rings is 2. The van der Waals surface area contributed by atoms with E-state index in [1.54, 1.807) is 31.0 Å². The first-order valence-electron chi connectivity index (χ1n) is 16.1. The van der Waals surface area contributed by atoms with E-state index >= 15 is 0 Å². The van der Waals surface area contributed by atoms with Crippen LogP contribution in [0.2, 0.25) is 5.02 Å². The van der Waals surface area contributed by atoms with Crippen LogP contribution in [0.3, 0.4) is 0 Å². The van der Waals surface area contributed by atoms with Crippen molar-refractivity contribution >= 4 is 75.5 Å². The number of fused-ring (bicyclic) bond motifs is 1. The van der Waals surface area contributed by atoms with Crippen LogP contribution in [0.15, 0.2) is 36.7 Å². The molecular weight excluding hydrogens is 655 g/mol. The number of nitrogens with one attached hydrogen (secondary N) is 4. The molecule has 4 rings (SSSR count). The van der Waals surface area contributed by atoms with Gasteiger partial charge in [0, 0.05) is 36.8 Å². The van der Waals surface area contributed by atoms with Crippen molar-refractivity contribution in [2.24, 2.45) is 5.41 Å². The summed E-state index contributed by atoms with van der Waals surface area (Å²) in [5, 5.41) is 13.4. The molecule has 0 bridgehead atoms. The first-order valence-corrected chi connectivity index (χ1v) is 16.4. The summed E-state index contributed by atoms with van der Waals surface area (Å²) in [4.78, 5) is 53.1. The summed E-state index contributed by atoms with van der Waals surface area (Å²) in [5.74, 6) is 0.0237. The molecule has 1 saturated heterocycles. The lowest BCUT2D eigenvalue weighted by Gasteiger charge is -2.36. The Bertz CT molecular complexity index is 1610. The van der Waals surface area contributed by atoms with Crippen molar-refractivity contribution in [3.63, 3.8) is 0 Å². The quantitative estimate of drug-likeness (QED) is 0.196. The minimum atomic E-state index is -0.810. The third-order valence-corrected chi connectivity index (χ3v) is 8.90. The van der Waals surface area contributed by atoms with Gasteiger partial charge in [0.2, 0.25) is 17.7 Å². The topological polar surface area (TPSA) is 141 Å². The molecule has 1 aliphatic rings. The van der Waals surface area contributed by atoms with Crippen molar-refractivity contribution in [3.8, 4) is 5.75 Å². The lowest BCUT2D eigenvalue weighted by molar-refractivity contribution is -0.143. The minimum absolute atomic E-state index is 0. The van der Waals surface area contributed by atoms with E-state index in [4.69, 9.17) is 16.3 Å². The number of carbonyl (C=O) groups excluding carboxylic acids is 3. The van der Waals surface area contributed by atoms with Crippen molar-refractivity contribution in [2.45, 2.75) is 72.5 Å². The number of nitrogens with zero attached hydrogens (tertiary/aromatic N) is 4. The predicted octanol–water partition coefficient (Wildman–Crippen LogP) is 5.37. The van der Waals surface area contributed by atoms with Crippen LogP contribution in [0, 0.1) is 5.41 Å². The van der Waals surface area contributed by atoms with Gasteiger partial charge >= 0.3 is 0 Å². The van der Waals surface area contributed by atoms with Crippen molar-refractivity contribution < 1.29 is 19.1 Å². The highest BCUT2D eigenvalue weighted by atomic mass is 35.5. The Morgan fingerprint density at radius 1 is 1.12 bits per heavy atom. The highest BCUT2D eigenvalue weighted by Gasteiger charge is 2.42. The molecule has 3 unspecified atom stereocenters. The zero-order valence-corrected chi connectivity index (χ0v) is 30.5. The van der Waals surface area contributed by atoms with Gasteiger partial charge in [-0.2, -0.15) is 0 Å². The fourth-order valence-corrected chi connectivity index (χ4v) is 6.02. The highest BCUT2D eigenvalue weighted by Crippen LogP contribution is 2.35. The summed E-state index contributed by atoms with van der Waals surface area (Å²) in [6.07, 6.45) is 2.61. The van der Waals surface area contributed by atoms with Crippen molar-refractivity contribution in [2.75, 3.05) is 49.3 Å². The number of methoxy groups -OCH3 is 1. The summed E-state index contributed by atoms with van der Waals surface area (Å²) in [6, 6.07) is 7.27. The number of hydrogen-bond acceptors (Lipinski definition) is 9. The lowest BCUT2D eigenvalue weighted by Crippen LogP contribution is -2.59. The van der Waals surface area contributed by atoms with Crippen LogP contribution in [-0.4, -0.2) is 84.5 Å². The number of amides is 3. The number of anilines is 4. The molecule has 0 aliphatic carbocycles. The van der Waals surface area contributed by atoms with Gasteiger partial charge in [-0.1, -0.05) is 32.4 Å². The Hall–Kier alpha value is -3.87. The van der Waals surface area contributed by atoms with E-state index in [2.05, 4.69) is 50.0 Å². The van der Waals surface area contributed by atoms with Crippen LogP contribution in [0.1, 0.15) is 54.4 Å². The van der Waals surface area contributed by atoms with Crippen LogP contribution < -0.4 is 30.9 Å². The summed E-state index contributed by atoms with van der Waals surface area (Å²) in [6.45, 7) is 13.7.